The van der Waals surface area contributed by atoms with Gasteiger partial charge in [0.25, 0.3) is 11.1 Å². The highest BCUT2D eigenvalue weighted by molar-refractivity contribution is 8.18. The van der Waals surface area contributed by atoms with Crippen LogP contribution in [0.4, 0.5) is 14.9 Å². The number of carbonyl (C=O) groups excluding carboxylic acids is 3. The van der Waals surface area contributed by atoms with Crippen LogP contribution in [0.3, 0.4) is 0 Å². The highest BCUT2D eigenvalue weighted by atomic mass is 32.2. The molecule has 0 atom stereocenters. The van der Waals surface area contributed by atoms with Crippen LogP contribution in [0.25, 0.3) is 6.08 Å². The van der Waals surface area contributed by atoms with Crippen molar-refractivity contribution >= 4 is 40.6 Å². The van der Waals surface area contributed by atoms with Crippen molar-refractivity contribution < 1.29 is 33.0 Å². The molecule has 5 rings (SSSR count). The molecule has 0 aliphatic carbocycles. The van der Waals surface area contributed by atoms with Crippen molar-refractivity contribution in [1.29, 1.82) is 0 Å². The summed E-state index contributed by atoms with van der Waals surface area (Å²) >= 11 is 0.764. The third kappa shape index (κ3) is 5.33. The Morgan fingerprint density at radius 1 is 1.06 bits per heavy atom. The third-order valence-corrected chi connectivity index (χ3v) is 6.21. The molecule has 10 heteroatoms. The molecule has 2 aliphatic heterocycles. The van der Waals surface area contributed by atoms with Crippen LogP contribution >= 0.6 is 11.8 Å². The van der Waals surface area contributed by atoms with Crippen LogP contribution in [0.1, 0.15) is 11.1 Å². The molecule has 1 saturated heterocycles. The average molecular weight is 507 g/mol. The van der Waals surface area contributed by atoms with E-state index in [4.69, 9.17) is 14.2 Å². The van der Waals surface area contributed by atoms with Crippen molar-refractivity contribution in [2.75, 3.05) is 18.7 Å². The van der Waals surface area contributed by atoms with E-state index in [1.165, 1.54) is 12.1 Å². The predicted molar refractivity (Wildman–Crippen MR) is 131 cm³/mol. The molecule has 0 spiro atoms. The van der Waals surface area contributed by atoms with E-state index in [0.29, 0.717) is 28.5 Å². The lowest BCUT2D eigenvalue weighted by Gasteiger charge is -2.12. The first-order valence-corrected chi connectivity index (χ1v) is 11.7. The van der Waals surface area contributed by atoms with Crippen molar-refractivity contribution in [3.8, 4) is 17.2 Å². The van der Waals surface area contributed by atoms with Gasteiger partial charge >= 0.3 is 0 Å². The van der Waals surface area contributed by atoms with Crippen LogP contribution in [-0.2, 0) is 16.2 Å². The molecule has 3 aromatic carbocycles. The molecule has 0 radical (unpaired) electrons. The SMILES string of the molecule is O=C(CN1C(=O)S/C(=C/c2cccc(OCc3ccc(F)cc3)c2)C1=O)Nc1ccc2c(c1)OCO2. The number of carbonyl (C=O) groups is 3. The summed E-state index contributed by atoms with van der Waals surface area (Å²) in [6.45, 7) is -0.0604. The molecule has 3 aromatic rings. The monoisotopic (exact) mass is 506 g/mol. The van der Waals surface area contributed by atoms with Crippen molar-refractivity contribution in [2.45, 2.75) is 6.61 Å². The van der Waals surface area contributed by atoms with Crippen LogP contribution in [0.5, 0.6) is 17.2 Å². The molecule has 3 amide bonds. The summed E-state index contributed by atoms with van der Waals surface area (Å²) in [5, 5.41) is 2.12. The highest BCUT2D eigenvalue weighted by Crippen LogP contribution is 2.35. The van der Waals surface area contributed by atoms with Crippen molar-refractivity contribution in [3.05, 3.63) is 88.6 Å². The normalized spacial score (nSPS) is 15.5. The van der Waals surface area contributed by atoms with E-state index in [1.54, 1.807) is 60.7 Å². The average Bonchev–Trinajstić information content (AvgIpc) is 3.43. The molecule has 1 fully saturated rings. The molecule has 2 heterocycles. The number of nitrogens with zero attached hydrogens (tertiary/aromatic N) is 1. The van der Waals surface area contributed by atoms with Crippen molar-refractivity contribution in [3.63, 3.8) is 0 Å². The Balaban J connectivity index is 1.21. The lowest BCUT2D eigenvalue weighted by atomic mass is 10.2. The number of nitrogens with one attached hydrogen (secondary N) is 1. The molecule has 2 aliphatic rings. The number of imide groups is 1. The molecular weight excluding hydrogens is 487 g/mol. The highest BCUT2D eigenvalue weighted by Gasteiger charge is 2.36. The summed E-state index contributed by atoms with van der Waals surface area (Å²) in [7, 11) is 0. The van der Waals surface area contributed by atoms with Gasteiger partial charge in [0.15, 0.2) is 11.5 Å². The Kier molecular flexibility index (Phi) is 6.59. The maximum atomic E-state index is 13.1. The summed E-state index contributed by atoms with van der Waals surface area (Å²) in [5.74, 6) is 0.243. The first-order valence-electron chi connectivity index (χ1n) is 10.9. The van der Waals surface area contributed by atoms with Gasteiger partial charge in [-0.25, -0.2) is 4.39 Å². The topological polar surface area (TPSA) is 94.2 Å². The second-order valence-electron chi connectivity index (χ2n) is 7.87. The Morgan fingerprint density at radius 3 is 2.69 bits per heavy atom. The molecule has 0 bridgehead atoms. The zero-order valence-electron chi connectivity index (χ0n) is 18.7. The summed E-state index contributed by atoms with van der Waals surface area (Å²) in [6, 6.07) is 17.9. The van der Waals surface area contributed by atoms with Crippen LogP contribution in [0.2, 0.25) is 0 Å². The standard InChI is InChI=1S/C26H19FN2O6S/c27-18-6-4-16(5-7-18)14-33-20-3-1-2-17(10-20)11-23-25(31)29(26(32)36-23)13-24(30)28-19-8-9-21-22(12-19)35-15-34-21/h1-12H,13-15H2,(H,28,30)/b23-11+. The van der Waals surface area contributed by atoms with Gasteiger partial charge in [0.1, 0.15) is 24.7 Å². The van der Waals surface area contributed by atoms with Gasteiger partial charge in [-0.15, -0.1) is 0 Å². The maximum Gasteiger partial charge on any atom is 0.294 e. The van der Waals surface area contributed by atoms with Crippen LogP contribution < -0.4 is 19.5 Å². The Hall–Kier alpha value is -4.31. The number of hydrogen-bond acceptors (Lipinski definition) is 7. The fraction of sp³-hybridized carbons (Fsp3) is 0.115. The minimum atomic E-state index is -0.552. The summed E-state index contributed by atoms with van der Waals surface area (Å²) in [5.41, 5.74) is 1.92. The molecule has 0 aromatic heterocycles. The molecule has 1 N–H and O–H groups in total. The van der Waals surface area contributed by atoms with Crippen molar-refractivity contribution in [1.82, 2.24) is 4.90 Å². The van der Waals surface area contributed by atoms with E-state index in [-0.39, 0.29) is 24.1 Å². The molecular formula is C26H19FN2O6S. The number of rotatable bonds is 7. The van der Waals surface area contributed by atoms with Gasteiger partial charge in [0.05, 0.1) is 4.91 Å². The lowest BCUT2D eigenvalue weighted by Crippen LogP contribution is -2.36. The quantitative estimate of drug-likeness (QED) is 0.460. The van der Waals surface area contributed by atoms with Gasteiger partial charge in [-0.1, -0.05) is 24.3 Å². The third-order valence-electron chi connectivity index (χ3n) is 5.31. The maximum absolute atomic E-state index is 13.1. The first kappa shape index (κ1) is 23.4. The largest absolute Gasteiger partial charge is 0.489 e. The molecule has 36 heavy (non-hydrogen) atoms. The number of ether oxygens (including phenoxy) is 3. The van der Waals surface area contributed by atoms with E-state index < -0.39 is 23.6 Å². The number of anilines is 1. The van der Waals surface area contributed by atoms with Gasteiger partial charge in [0, 0.05) is 11.8 Å². The Labute approximate surface area is 209 Å². The molecule has 0 saturated carbocycles. The van der Waals surface area contributed by atoms with Gasteiger partial charge in [0.2, 0.25) is 12.7 Å². The summed E-state index contributed by atoms with van der Waals surface area (Å²) in [4.78, 5) is 38.8. The summed E-state index contributed by atoms with van der Waals surface area (Å²) in [6.07, 6.45) is 1.57. The number of halogens is 1. The second kappa shape index (κ2) is 10.1. The molecule has 0 unspecified atom stereocenters. The van der Waals surface area contributed by atoms with Gasteiger partial charge < -0.3 is 19.5 Å². The molecule has 182 valence electrons. The van der Waals surface area contributed by atoms with E-state index in [1.807, 2.05) is 0 Å². The number of amides is 3. The zero-order valence-corrected chi connectivity index (χ0v) is 19.5. The van der Waals surface area contributed by atoms with E-state index in [2.05, 4.69) is 5.32 Å². The van der Waals surface area contributed by atoms with Gasteiger partial charge in [-0.05, 0) is 65.4 Å². The number of fused-ring (bicyclic) bond motifs is 1. The Morgan fingerprint density at radius 2 is 1.86 bits per heavy atom. The number of thioether (sulfide) groups is 1. The number of hydrogen-bond donors (Lipinski definition) is 1. The number of benzene rings is 3. The summed E-state index contributed by atoms with van der Waals surface area (Å²) < 4.78 is 29.3. The molecule has 8 nitrogen and oxygen atoms in total. The van der Waals surface area contributed by atoms with Crippen LogP contribution in [0, 0.1) is 5.82 Å². The fourth-order valence-electron chi connectivity index (χ4n) is 3.55. The van der Waals surface area contributed by atoms with Crippen LogP contribution in [-0.4, -0.2) is 35.3 Å². The van der Waals surface area contributed by atoms with E-state index in [9.17, 15) is 18.8 Å². The second-order valence-corrected chi connectivity index (χ2v) is 8.86. The predicted octanol–water partition coefficient (Wildman–Crippen LogP) is 4.81. The minimum absolute atomic E-state index is 0.110. The first-order chi connectivity index (χ1) is 17.4. The fourth-order valence-corrected chi connectivity index (χ4v) is 4.39. The zero-order chi connectivity index (χ0) is 25.1. The minimum Gasteiger partial charge on any atom is -0.489 e. The smallest absolute Gasteiger partial charge is 0.294 e. The Bertz CT molecular complexity index is 1380. The van der Waals surface area contributed by atoms with E-state index in [0.717, 1.165) is 22.2 Å². The lowest BCUT2D eigenvalue weighted by molar-refractivity contribution is -0.127. The van der Waals surface area contributed by atoms with Gasteiger partial charge in [-0.3, -0.25) is 19.3 Å². The van der Waals surface area contributed by atoms with Crippen molar-refractivity contribution in [2.24, 2.45) is 0 Å². The van der Waals surface area contributed by atoms with Crippen LogP contribution in [0.15, 0.2) is 71.6 Å². The van der Waals surface area contributed by atoms with Gasteiger partial charge in [-0.2, -0.15) is 0 Å². The van der Waals surface area contributed by atoms with E-state index >= 15 is 0 Å².